The number of benzene rings is 1. The van der Waals surface area contributed by atoms with E-state index in [-0.39, 0.29) is 0 Å². The highest BCUT2D eigenvalue weighted by Gasteiger charge is 2.01. The Kier molecular flexibility index (Phi) is 3.99. The standard InChI is InChI=1S/C12H12BrN3O2/c13-10-8-16(12(18)15-11(10)17)7-6-14-9-4-2-1-3-5-9/h1-5,8,14H,6-7H2,(H,15,17,18). The first-order chi connectivity index (χ1) is 8.66. The Bertz CT molecular complexity index is 634. The minimum absolute atomic E-state index is 0.349. The van der Waals surface area contributed by atoms with E-state index in [1.807, 2.05) is 30.3 Å². The first-order valence-corrected chi connectivity index (χ1v) is 6.24. The molecule has 0 aliphatic carbocycles. The average Bonchev–Trinajstić information content (AvgIpc) is 2.37. The molecule has 0 saturated heterocycles. The number of hydrogen-bond donors (Lipinski definition) is 2. The van der Waals surface area contributed by atoms with Gasteiger partial charge in [0.1, 0.15) is 0 Å². The Labute approximate surface area is 112 Å². The largest absolute Gasteiger partial charge is 0.383 e. The van der Waals surface area contributed by atoms with E-state index in [9.17, 15) is 9.59 Å². The molecule has 1 heterocycles. The number of nitrogens with zero attached hydrogens (tertiary/aromatic N) is 1. The molecule has 0 atom stereocenters. The van der Waals surface area contributed by atoms with Gasteiger partial charge in [-0.25, -0.2) is 4.79 Å². The molecule has 2 N–H and O–H groups in total. The van der Waals surface area contributed by atoms with Crippen molar-refractivity contribution in [2.75, 3.05) is 11.9 Å². The zero-order valence-electron chi connectivity index (χ0n) is 9.52. The van der Waals surface area contributed by atoms with Gasteiger partial charge in [0, 0.05) is 25.0 Å². The fraction of sp³-hybridized carbons (Fsp3) is 0.167. The van der Waals surface area contributed by atoms with Gasteiger partial charge in [0.05, 0.1) is 4.47 Å². The van der Waals surface area contributed by atoms with Gasteiger partial charge in [-0.15, -0.1) is 0 Å². The molecule has 94 valence electrons. The van der Waals surface area contributed by atoms with E-state index < -0.39 is 11.2 Å². The highest BCUT2D eigenvalue weighted by Crippen LogP contribution is 2.04. The van der Waals surface area contributed by atoms with Gasteiger partial charge in [-0.05, 0) is 28.1 Å². The molecule has 0 fully saturated rings. The number of para-hydroxylation sites is 1. The van der Waals surface area contributed by atoms with Crippen LogP contribution < -0.4 is 16.6 Å². The van der Waals surface area contributed by atoms with Crippen LogP contribution in [0.5, 0.6) is 0 Å². The van der Waals surface area contributed by atoms with Gasteiger partial charge in [-0.1, -0.05) is 18.2 Å². The van der Waals surface area contributed by atoms with Crippen molar-refractivity contribution in [2.24, 2.45) is 0 Å². The first-order valence-electron chi connectivity index (χ1n) is 5.45. The summed E-state index contributed by atoms with van der Waals surface area (Å²) in [4.78, 5) is 24.9. The summed E-state index contributed by atoms with van der Waals surface area (Å²) < 4.78 is 1.79. The topological polar surface area (TPSA) is 66.9 Å². The number of aromatic amines is 1. The quantitative estimate of drug-likeness (QED) is 0.897. The van der Waals surface area contributed by atoms with Crippen LogP contribution in [0, 0.1) is 0 Å². The minimum Gasteiger partial charge on any atom is -0.383 e. The van der Waals surface area contributed by atoms with Crippen molar-refractivity contribution in [3.63, 3.8) is 0 Å². The van der Waals surface area contributed by atoms with Crippen molar-refractivity contribution in [3.05, 3.63) is 61.8 Å². The monoisotopic (exact) mass is 309 g/mol. The average molecular weight is 310 g/mol. The number of hydrogen-bond acceptors (Lipinski definition) is 3. The fourth-order valence-corrected chi connectivity index (χ4v) is 1.87. The molecule has 18 heavy (non-hydrogen) atoms. The fourth-order valence-electron chi connectivity index (χ4n) is 1.53. The van der Waals surface area contributed by atoms with Crippen molar-refractivity contribution in [3.8, 4) is 0 Å². The van der Waals surface area contributed by atoms with Crippen LogP contribution in [0.1, 0.15) is 0 Å². The highest BCUT2D eigenvalue weighted by molar-refractivity contribution is 9.10. The normalized spacial score (nSPS) is 10.3. The molecular formula is C12H12BrN3O2. The van der Waals surface area contributed by atoms with Crippen LogP contribution in [-0.4, -0.2) is 16.1 Å². The van der Waals surface area contributed by atoms with Gasteiger partial charge in [-0.2, -0.15) is 0 Å². The first kappa shape index (κ1) is 12.6. The molecule has 0 unspecified atom stereocenters. The molecule has 1 aromatic heterocycles. The maximum atomic E-state index is 11.5. The summed E-state index contributed by atoms with van der Waals surface area (Å²) in [6.07, 6.45) is 1.49. The third kappa shape index (κ3) is 3.10. The van der Waals surface area contributed by atoms with Crippen molar-refractivity contribution in [1.29, 1.82) is 0 Å². The molecule has 0 aliphatic rings. The van der Waals surface area contributed by atoms with Crippen LogP contribution in [0.25, 0.3) is 0 Å². The third-order valence-corrected chi connectivity index (χ3v) is 2.99. The SMILES string of the molecule is O=c1[nH]c(=O)n(CCNc2ccccc2)cc1Br. The zero-order valence-corrected chi connectivity index (χ0v) is 11.1. The van der Waals surface area contributed by atoms with Crippen LogP contribution in [0.4, 0.5) is 5.69 Å². The van der Waals surface area contributed by atoms with Gasteiger partial charge >= 0.3 is 5.69 Å². The summed E-state index contributed by atoms with van der Waals surface area (Å²) in [5.74, 6) is 0. The van der Waals surface area contributed by atoms with Crippen LogP contribution in [0.15, 0.2) is 50.6 Å². The van der Waals surface area contributed by atoms with Crippen LogP contribution in [0.2, 0.25) is 0 Å². The third-order valence-electron chi connectivity index (χ3n) is 2.42. The summed E-state index contributed by atoms with van der Waals surface area (Å²) in [6.45, 7) is 1.07. The highest BCUT2D eigenvalue weighted by atomic mass is 79.9. The second-order valence-corrected chi connectivity index (χ2v) is 4.58. The van der Waals surface area contributed by atoms with Gasteiger partial charge in [-0.3, -0.25) is 14.3 Å². The Morgan fingerprint density at radius 3 is 2.67 bits per heavy atom. The minimum atomic E-state index is -0.410. The lowest BCUT2D eigenvalue weighted by atomic mass is 10.3. The van der Waals surface area contributed by atoms with E-state index in [4.69, 9.17) is 0 Å². The maximum absolute atomic E-state index is 11.5. The van der Waals surface area contributed by atoms with Gasteiger partial charge in [0.2, 0.25) is 0 Å². The van der Waals surface area contributed by atoms with Crippen molar-refractivity contribution in [2.45, 2.75) is 6.54 Å². The lowest BCUT2D eigenvalue weighted by Crippen LogP contribution is -2.31. The summed E-state index contributed by atoms with van der Waals surface area (Å²) in [5, 5.41) is 3.19. The van der Waals surface area contributed by atoms with E-state index in [2.05, 4.69) is 26.2 Å². The van der Waals surface area contributed by atoms with E-state index in [0.29, 0.717) is 17.6 Å². The Morgan fingerprint density at radius 2 is 1.94 bits per heavy atom. The smallest absolute Gasteiger partial charge is 0.328 e. The molecule has 0 saturated carbocycles. The number of aromatic nitrogens is 2. The predicted molar refractivity (Wildman–Crippen MR) is 74.0 cm³/mol. The van der Waals surface area contributed by atoms with Crippen molar-refractivity contribution in [1.82, 2.24) is 9.55 Å². The zero-order chi connectivity index (χ0) is 13.0. The van der Waals surface area contributed by atoms with E-state index >= 15 is 0 Å². The van der Waals surface area contributed by atoms with Crippen LogP contribution in [-0.2, 0) is 6.54 Å². The second kappa shape index (κ2) is 5.68. The summed E-state index contributed by atoms with van der Waals surface area (Å²) in [7, 11) is 0. The number of anilines is 1. The lowest BCUT2D eigenvalue weighted by Gasteiger charge is -2.08. The summed E-state index contributed by atoms with van der Waals surface area (Å²) in [5.41, 5.74) is 0.180. The summed E-state index contributed by atoms with van der Waals surface area (Å²) in [6, 6.07) is 9.71. The molecule has 2 rings (SSSR count). The molecule has 1 aromatic carbocycles. The molecule has 0 aliphatic heterocycles. The van der Waals surface area contributed by atoms with Crippen LogP contribution in [0.3, 0.4) is 0 Å². The lowest BCUT2D eigenvalue weighted by molar-refractivity contribution is 0.666. The number of H-pyrrole nitrogens is 1. The molecule has 6 heteroatoms. The molecule has 0 radical (unpaired) electrons. The number of halogens is 1. The molecule has 0 bridgehead atoms. The predicted octanol–water partition coefficient (Wildman–Crippen LogP) is 1.41. The number of rotatable bonds is 4. The molecule has 0 amide bonds. The Morgan fingerprint density at radius 1 is 1.22 bits per heavy atom. The van der Waals surface area contributed by atoms with Gasteiger partial charge < -0.3 is 5.32 Å². The van der Waals surface area contributed by atoms with E-state index in [1.165, 1.54) is 10.8 Å². The second-order valence-electron chi connectivity index (χ2n) is 3.72. The Hall–Kier alpha value is -1.82. The maximum Gasteiger partial charge on any atom is 0.328 e. The van der Waals surface area contributed by atoms with Gasteiger partial charge in [0.25, 0.3) is 5.56 Å². The molecule has 5 nitrogen and oxygen atoms in total. The molecule has 2 aromatic rings. The summed E-state index contributed by atoms with van der Waals surface area (Å²) >= 11 is 3.09. The van der Waals surface area contributed by atoms with Gasteiger partial charge in [0.15, 0.2) is 0 Å². The van der Waals surface area contributed by atoms with Crippen molar-refractivity contribution < 1.29 is 0 Å². The van der Waals surface area contributed by atoms with E-state index in [0.717, 1.165) is 5.69 Å². The number of nitrogens with one attached hydrogen (secondary N) is 2. The molecular weight excluding hydrogens is 298 g/mol. The van der Waals surface area contributed by atoms with Crippen LogP contribution >= 0.6 is 15.9 Å². The Balaban J connectivity index is 2.01. The van der Waals surface area contributed by atoms with E-state index in [1.54, 1.807) is 0 Å². The molecule has 0 spiro atoms. The van der Waals surface area contributed by atoms with Crippen molar-refractivity contribution >= 4 is 21.6 Å².